The zero-order chi connectivity index (χ0) is 15.8. The maximum absolute atomic E-state index is 10.6. The fraction of sp³-hybridized carbons (Fsp3) is 0.250. The van der Waals surface area contributed by atoms with Crippen LogP contribution in [0.15, 0.2) is 21.7 Å². The summed E-state index contributed by atoms with van der Waals surface area (Å²) in [5.41, 5.74) is 8.38. The molecular formula is C12H14BrN3O4S. The largest absolute Gasteiger partial charge is 0.490 e. The lowest BCUT2D eigenvalue weighted by atomic mass is 10.2. The molecule has 0 radical (unpaired) electrons. The number of thiocarbonyl (C=S) groups is 1. The highest BCUT2D eigenvalue weighted by Crippen LogP contribution is 2.33. The summed E-state index contributed by atoms with van der Waals surface area (Å²) in [5.74, 6) is -0.329. The van der Waals surface area contributed by atoms with Gasteiger partial charge in [-0.2, -0.15) is 5.10 Å². The number of nitrogens with two attached hydrogens (primary N) is 1. The number of hydrogen-bond acceptors (Lipinski definition) is 5. The van der Waals surface area contributed by atoms with Crippen molar-refractivity contribution in [1.82, 2.24) is 5.43 Å². The van der Waals surface area contributed by atoms with Crippen molar-refractivity contribution >= 4 is 45.4 Å². The van der Waals surface area contributed by atoms with Crippen LogP contribution < -0.4 is 20.6 Å². The van der Waals surface area contributed by atoms with E-state index >= 15 is 0 Å². The molecule has 114 valence electrons. The van der Waals surface area contributed by atoms with Crippen LogP contribution in [0.25, 0.3) is 0 Å². The number of hydrogen-bond donors (Lipinski definition) is 3. The highest BCUT2D eigenvalue weighted by atomic mass is 79.9. The second-order valence-electron chi connectivity index (χ2n) is 3.67. The molecule has 0 fully saturated rings. The van der Waals surface area contributed by atoms with Crippen molar-refractivity contribution in [2.45, 2.75) is 6.92 Å². The molecule has 21 heavy (non-hydrogen) atoms. The Bertz CT molecular complexity index is 566. The van der Waals surface area contributed by atoms with Crippen molar-refractivity contribution < 1.29 is 19.4 Å². The van der Waals surface area contributed by atoms with Gasteiger partial charge >= 0.3 is 5.97 Å². The van der Waals surface area contributed by atoms with Gasteiger partial charge in [-0.05, 0) is 47.2 Å². The van der Waals surface area contributed by atoms with E-state index in [0.29, 0.717) is 28.1 Å². The van der Waals surface area contributed by atoms with Crippen LogP contribution in [0.1, 0.15) is 12.5 Å². The van der Waals surface area contributed by atoms with Gasteiger partial charge in [0.25, 0.3) is 0 Å². The number of rotatable bonds is 7. The number of halogens is 1. The van der Waals surface area contributed by atoms with Gasteiger partial charge in [0.05, 0.1) is 12.8 Å². The summed E-state index contributed by atoms with van der Waals surface area (Å²) in [7, 11) is 0. The smallest absolute Gasteiger partial charge is 0.341 e. The van der Waals surface area contributed by atoms with E-state index in [1.807, 2.05) is 6.92 Å². The van der Waals surface area contributed by atoms with Crippen molar-refractivity contribution in [3.63, 3.8) is 0 Å². The first-order valence-corrected chi connectivity index (χ1v) is 7.03. The van der Waals surface area contributed by atoms with Crippen molar-refractivity contribution in [3.8, 4) is 11.5 Å². The quantitative estimate of drug-likeness (QED) is 0.376. The van der Waals surface area contributed by atoms with E-state index in [2.05, 4.69) is 38.7 Å². The summed E-state index contributed by atoms with van der Waals surface area (Å²) in [6.07, 6.45) is 1.49. The normalized spacial score (nSPS) is 10.4. The molecule has 0 heterocycles. The van der Waals surface area contributed by atoms with Gasteiger partial charge in [-0.15, -0.1) is 0 Å². The average Bonchev–Trinajstić information content (AvgIpc) is 2.40. The van der Waals surface area contributed by atoms with Gasteiger partial charge in [-0.1, -0.05) is 0 Å². The summed E-state index contributed by atoms with van der Waals surface area (Å²) in [6, 6.07) is 3.27. The molecule has 0 saturated heterocycles. The number of benzene rings is 1. The number of aliphatic carboxylic acids is 1. The second kappa shape index (κ2) is 8.42. The Morgan fingerprint density at radius 1 is 1.52 bits per heavy atom. The van der Waals surface area contributed by atoms with Gasteiger partial charge < -0.3 is 20.3 Å². The molecule has 7 nitrogen and oxygen atoms in total. The van der Waals surface area contributed by atoms with Gasteiger partial charge in [0.15, 0.2) is 23.2 Å². The predicted molar refractivity (Wildman–Crippen MR) is 86.0 cm³/mol. The van der Waals surface area contributed by atoms with E-state index in [4.69, 9.17) is 20.3 Å². The number of carboxylic acid groups (broad SMARTS) is 1. The van der Waals surface area contributed by atoms with Crippen molar-refractivity contribution in [3.05, 3.63) is 22.2 Å². The molecule has 0 unspecified atom stereocenters. The van der Waals surface area contributed by atoms with Crippen molar-refractivity contribution in [1.29, 1.82) is 0 Å². The number of hydrazone groups is 1. The molecular weight excluding hydrogens is 362 g/mol. The number of nitrogens with one attached hydrogen (secondary N) is 1. The summed E-state index contributed by atoms with van der Waals surface area (Å²) in [5, 5.41) is 12.6. The third kappa shape index (κ3) is 5.96. The van der Waals surface area contributed by atoms with Gasteiger partial charge in [0.1, 0.15) is 0 Å². The third-order valence-electron chi connectivity index (χ3n) is 2.09. The monoisotopic (exact) mass is 375 g/mol. The van der Waals surface area contributed by atoms with Crippen LogP contribution in [-0.4, -0.2) is 35.6 Å². The van der Waals surface area contributed by atoms with E-state index in [-0.39, 0.29) is 5.11 Å². The lowest BCUT2D eigenvalue weighted by molar-refractivity contribution is -0.139. The van der Waals surface area contributed by atoms with E-state index in [1.165, 1.54) is 6.21 Å². The van der Waals surface area contributed by atoms with Gasteiger partial charge in [0.2, 0.25) is 0 Å². The van der Waals surface area contributed by atoms with Crippen molar-refractivity contribution in [2.24, 2.45) is 10.8 Å². The fourth-order valence-electron chi connectivity index (χ4n) is 1.34. The van der Waals surface area contributed by atoms with Crippen LogP contribution in [0, 0.1) is 0 Å². The molecule has 1 aromatic rings. The number of carbonyl (C=O) groups is 1. The van der Waals surface area contributed by atoms with E-state index < -0.39 is 12.6 Å². The SMILES string of the molecule is CCOc1cc(/C=N/NC(N)=S)c(Br)cc1OCC(=O)O. The van der Waals surface area contributed by atoms with E-state index in [0.717, 1.165) is 0 Å². The molecule has 0 aliphatic heterocycles. The summed E-state index contributed by atoms with van der Waals surface area (Å²) in [6.45, 7) is 1.76. The Morgan fingerprint density at radius 3 is 2.76 bits per heavy atom. The Kier molecular flexibility index (Phi) is 6.89. The molecule has 0 bridgehead atoms. The second-order valence-corrected chi connectivity index (χ2v) is 4.96. The maximum Gasteiger partial charge on any atom is 0.341 e. The van der Waals surface area contributed by atoms with Crippen LogP contribution in [0.2, 0.25) is 0 Å². The summed E-state index contributed by atoms with van der Waals surface area (Å²) >= 11 is 7.97. The first-order chi connectivity index (χ1) is 9.93. The zero-order valence-electron chi connectivity index (χ0n) is 11.1. The Balaban J connectivity index is 3.01. The highest BCUT2D eigenvalue weighted by Gasteiger charge is 2.11. The van der Waals surface area contributed by atoms with Crippen LogP contribution in [-0.2, 0) is 4.79 Å². The lowest BCUT2D eigenvalue weighted by Gasteiger charge is -2.12. The summed E-state index contributed by atoms with van der Waals surface area (Å²) in [4.78, 5) is 10.6. The molecule has 0 atom stereocenters. The molecule has 0 spiro atoms. The van der Waals surface area contributed by atoms with Crippen LogP contribution in [0.4, 0.5) is 0 Å². The maximum atomic E-state index is 10.6. The van der Waals surface area contributed by atoms with Gasteiger partial charge in [-0.3, -0.25) is 5.43 Å². The molecule has 0 aliphatic rings. The molecule has 0 aliphatic carbocycles. The average molecular weight is 376 g/mol. The molecule has 9 heteroatoms. The minimum atomic E-state index is -1.07. The molecule has 0 amide bonds. The third-order valence-corrected chi connectivity index (χ3v) is 2.87. The Labute approximate surface area is 135 Å². The number of ether oxygens (including phenoxy) is 2. The number of nitrogens with zero attached hydrogens (tertiary/aromatic N) is 1. The number of carboxylic acids is 1. The first kappa shape index (κ1) is 17.2. The topological polar surface area (TPSA) is 106 Å². The lowest BCUT2D eigenvalue weighted by Crippen LogP contribution is -2.24. The fourth-order valence-corrected chi connectivity index (χ4v) is 1.81. The zero-order valence-corrected chi connectivity index (χ0v) is 13.5. The molecule has 1 aromatic carbocycles. The minimum absolute atomic E-state index is 0.0498. The summed E-state index contributed by atoms with van der Waals surface area (Å²) < 4.78 is 11.2. The van der Waals surface area contributed by atoms with E-state index in [1.54, 1.807) is 12.1 Å². The standard InChI is InChI=1S/C12H14BrN3O4S/c1-2-19-9-3-7(5-15-16-12(14)21)8(13)4-10(9)20-6-11(17)18/h3-5H,2,6H2,1H3,(H,17,18)(H3,14,16,21)/b15-5+. The van der Waals surface area contributed by atoms with Crippen molar-refractivity contribution in [2.75, 3.05) is 13.2 Å². The molecule has 0 aromatic heterocycles. The van der Waals surface area contributed by atoms with E-state index in [9.17, 15) is 4.79 Å². The molecule has 1 rings (SSSR count). The first-order valence-electron chi connectivity index (χ1n) is 5.83. The minimum Gasteiger partial charge on any atom is -0.490 e. The van der Waals surface area contributed by atoms with Crippen LogP contribution in [0.3, 0.4) is 0 Å². The highest BCUT2D eigenvalue weighted by molar-refractivity contribution is 9.10. The van der Waals surface area contributed by atoms with Crippen LogP contribution in [0.5, 0.6) is 11.5 Å². The molecule has 0 saturated carbocycles. The predicted octanol–water partition coefficient (Wildman–Crippen LogP) is 1.48. The Morgan fingerprint density at radius 2 is 2.19 bits per heavy atom. The van der Waals surface area contributed by atoms with Gasteiger partial charge in [0, 0.05) is 10.0 Å². The van der Waals surface area contributed by atoms with Crippen LogP contribution >= 0.6 is 28.1 Å². The molecule has 4 N–H and O–H groups in total. The Hall–Kier alpha value is -1.87. The van der Waals surface area contributed by atoms with Gasteiger partial charge in [-0.25, -0.2) is 4.79 Å².